The monoisotopic (exact) mass is 843 g/mol. The van der Waals surface area contributed by atoms with Gasteiger partial charge < -0.3 is 36.2 Å². The molecule has 4 aliphatic heterocycles. The van der Waals surface area contributed by atoms with E-state index < -0.39 is 11.9 Å². The summed E-state index contributed by atoms with van der Waals surface area (Å²) in [5.41, 5.74) is 14.7. The Labute approximate surface area is 362 Å². The van der Waals surface area contributed by atoms with Gasteiger partial charge in [-0.25, -0.2) is 4.79 Å². The number of amidine groups is 1. The standard InChI is InChI=1S/C47H57N9O6/c1-53(29-30-15-21-54(22-16-30)45(59)33-6-5-7-35(26-33)56-25-19-40(57)52-47(56)61)36-27-34(28-36)46(60)55-23-17-31(18-24-55)39-14-20-50-44(51-39)41(43(49)58)42(48)32-10-12-38(13-11-32)62-37-8-3-2-4-9-37/h2-13,26,30-31,34,36,39H,14-25,27-29,48H2,1H3,(H2,49,58)(H,50,51)(H,52,57,61)/t34?,36?,39-/m0/s1. The summed E-state index contributed by atoms with van der Waals surface area (Å²) in [4.78, 5) is 76.3. The van der Waals surface area contributed by atoms with Crippen molar-refractivity contribution >= 4 is 46.9 Å². The van der Waals surface area contributed by atoms with Gasteiger partial charge in [0.25, 0.3) is 11.8 Å². The number of rotatable bonds is 12. The van der Waals surface area contributed by atoms with Gasteiger partial charge in [-0.15, -0.1) is 0 Å². The van der Waals surface area contributed by atoms with Gasteiger partial charge in [-0.3, -0.25) is 34.4 Å². The van der Waals surface area contributed by atoms with Crippen molar-refractivity contribution in [2.75, 3.05) is 57.8 Å². The van der Waals surface area contributed by atoms with E-state index in [0.717, 1.165) is 57.2 Å². The van der Waals surface area contributed by atoms with Crippen LogP contribution in [0.2, 0.25) is 0 Å². The van der Waals surface area contributed by atoms with Crippen LogP contribution < -0.4 is 31.7 Å². The molecule has 6 amide bonds. The van der Waals surface area contributed by atoms with Gasteiger partial charge in [0.05, 0.1) is 5.70 Å². The predicted molar refractivity (Wildman–Crippen MR) is 236 cm³/mol. The minimum atomic E-state index is -0.645. The maximum Gasteiger partial charge on any atom is 0.328 e. The molecular weight excluding hydrogens is 787 g/mol. The third-order valence-electron chi connectivity index (χ3n) is 13.3. The van der Waals surface area contributed by atoms with Gasteiger partial charge in [0, 0.05) is 81.5 Å². The summed E-state index contributed by atoms with van der Waals surface area (Å²) < 4.78 is 5.91. The number of nitrogens with two attached hydrogens (primary N) is 2. The number of anilines is 1. The summed E-state index contributed by atoms with van der Waals surface area (Å²) in [5, 5.41) is 5.84. The molecule has 0 aromatic heterocycles. The molecule has 8 rings (SSSR count). The molecule has 3 saturated heterocycles. The number of aliphatic imine (C=N–C) groups is 1. The number of amides is 6. The van der Waals surface area contributed by atoms with E-state index in [-0.39, 0.29) is 53.9 Å². The molecule has 3 aromatic carbocycles. The van der Waals surface area contributed by atoms with E-state index in [4.69, 9.17) is 16.2 Å². The Kier molecular flexibility index (Phi) is 12.9. The lowest BCUT2D eigenvalue weighted by Gasteiger charge is -2.45. The zero-order valence-corrected chi connectivity index (χ0v) is 35.3. The van der Waals surface area contributed by atoms with E-state index in [1.807, 2.05) is 40.1 Å². The number of nitrogens with zero attached hydrogens (tertiary/aromatic N) is 5. The normalized spacial score (nSPS) is 22.8. The average molecular weight is 844 g/mol. The van der Waals surface area contributed by atoms with Crippen LogP contribution in [0.15, 0.2) is 89.4 Å². The second-order valence-electron chi connectivity index (χ2n) is 17.3. The summed E-state index contributed by atoms with van der Waals surface area (Å²) in [7, 11) is 2.16. The molecule has 1 atom stereocenters. The Balaban J connectivity index is 0.762. The van der Waals surface area contributed by atoms with Gasteiger partial charge in [0.1, 0.15) is 22.9 Å². The van der Waals surface area contributed by atoms with Gasteiger partial charge in [0.2, 0.25) is 11.8 Å². The second-order valence-corrected chi connectivity index (χ2v) is 17.3. The zero-order chi connectivity index (χ0) is 43.3. The van der Waals surface area contributed by atoms with E-state index in [0.29, 0.717) is 79.0 Å². The molecule has 1 aliphatic carbocycles. The van der Waals surface area contributed by atoms with E-state index in [1.165, 1.54) is 4.90 Å². The number of urea groups is 1. The Morgan fingerprint density at radius 1 is 0.806 bits per heavy atom. The number of carbonyl (C=O) groups excluding carboxylic acids is 5. The SMILES string of the molecule is CN(CC1CCN(C(=O)c2cccc(N3CCC(=O)NC3=O)c2)CC1)C1CC(C(=O)N2CCC([C@@H]3CCN=C(C(C(N)=O)=C(N)c4ccc(Oc5ccccc5)cc4)N3)CC2)C1. The highest BCUT2D eigenvalue weighted by Crippen LogP contribution is 2.36. The molecule has 15 nitrogen and oxygen atoms in total. The highest BCUT2D eigenvalue weighted by Gasteiger charge is 2.41. The Morgan fingerprint density at radius 2 is 1.50 bits per heavy atom. The molecule has 0 unspecified atom stereocenters. The molecule has 4 fully saturated rings. The van der Waals surface area contributed by atoms with Crippen LogP contribution in [0.4, 0.5) is 10.5 Å². The minimum absolute atomic E-state index is 0.0440. The molecule has 1 saturated carbocycles. The summed E-state index contributed by atoms with van der Waals surface area (Å²) >= 11 is 0. The second kappa shape index (κ2) is 18.8. The molecule has 0 radical (unpaired) electrons. The first kappa shape index (κ1) is 42.5. The summed E-state index contributed by atoms with van der Waals surface area (Å²) in [6.07, 6.45) is 6.33. The summed E-state index contributed by atoms with van der Waals surface area (Å²) in [5.74, 6) is 1.88. The largest absolute Gasteiger partial charge is 0.457 e. The zero-order valence-electron chi connectivity index (χ0n) is 35.3. The maximum atomic E-state index is 13.6. The van der Waals surface area contributed by atoms with Crippen LogP contribution in [0, 0.1) is 17.8 Å². The maximum absolute atomic E-state index is 13.6. The van der Waals surface area contributed by atoms with Crippen LogP contribution in [0.25, 0.3) is 5.70 Å². The van der Waals surface area contributed by atoms with E-state index in [9.17, 15) is 24.0 Å². The van der Waals surface area contributed by atoms with Crippen molar-refractivity contribution in [3.05, 3.63) is 95.6 Å². The van der Waals surface area contributed by atoms with E-state index >= 15 is 0 Å². The molecular formula is C47H57N9O6. The first-order valence-corrected chi connectivity index (χ1v) is 21.9. The van der Waals surface area contributed by atoms with Crippen molar-refractivity contribution in [1.29, 1.82) is 0 Å². The van der Waals surface area contributed by atoms with Crippen molar-refractivity contribution in [2.24, 2.45) is 34.2 Å². The number of nitrogens with one attached hydrogen (secondary N) is 2. The number of imide groups is 1. The molecule has 15 heteroatoms. The topological polar surface area (TPSA) is 196 Å². The van der Waals surface area contributed by atoms with Crippen molar-refractivity contribution in [3.8, 4) is 11.5 Å². The first-order valence-electron chi connectivity index (χ1n) is 21.9. The molecule has 6 N–H and O–H groups in total. The number of hydrogen-bond donors (Lipinski definition) is 4. The quantitative estimate of drug-likeness (QED) is 0.192. The third kappa shape index (κ3) is 9.62. The molecule has 62 heavy (non-hydrogen) atoms. The number of para-hydroxylation sites is 1. The lowest BCUT2D eigenvalue weighted by Crippen LogP contribution is -2.53. The first-order chi connectivity index (χ1) is 30.0. The molecule has 5 aliphatic rings. The van der Waals surface area contributed by atoms with E-state index in [1.54, 1.807) is 48.5 Å². The molecule has 3 aromatic rings. The Hall–Kier alpha value is -6.22. The Bertz CT molecular complexity index is 2210. The van der Waals surface area contributed by atoms with Crippen molar-refractivity contribution in [3.63, 3.8) is 0 Å². The van der Waals surface area contributed by atoms with Gasteiger partial charge in [-0.2, -0.15) is 0 Å². The van der Waals surface area contributed by atoms with Crippen LogP contribution in [0.5, 0.6) is 11.5 Å². The van der Waals surface area contributed by atoms with Crippen LogP contribution in [-0.2, 0) is 14.4 Å². The van der Waals surface area contributed by atoms with Crippen LogP contribution in [0.1, 0.15) is 67.3 Å². The fourth-order valence-corrected chi connectivity index (χ4v) is 9.57. The fourth-order valence-electron chi connectivity index (χ4n) is 9.57. The van der Waals surface area contributed by atoms with Crippen LogP contribution in [-0.4, -0.2) is 115 Å². The van der Waals surface area contributed by atoms with E-state index in [2.05, 4.69) is 27.6 Å². The number of hydrogen-bond acceptors (Lipinski definition) is 10. The summed E-state index contributed by atoms with van der Waals surface area (Å²) in [6.45, 7) is 4.53. The minimum Gasteiger partial charge on any atom is -0.457 e. The van der Waals surface area contributed by atoms with Gasteiger partial charge in [-0.1, -0.05) is 24.3 Å². The van der Waals surface area contributed by atoms with Crippen molar-refractivity contribution in [2.45, 2.75) is 63.5 Å². The average Bonchev–Trinajstić information content (AvgIpc) is 3.26. The van der Waals surface area contributed by atoms with Gasteiger partial charge >= 0.3 is 6.03 Å². The number of likely N-dealkylation sites (tertiary alicyclic amines) is 2. The number of piperidine rings is 2. The fraction of sp³-hybridized carbons (Fsp3) is 0.447. The van der Waals surface area contributed by atoms with Crippen LogP contribution >= 0.6 is 0 Å². The molecule has 0 spiro atoms. The Morgan fingerprint density at radius 3 is 2.19 bits per heavy atom. The molecule has 326 valence electrons. The van der Waals surface area contributed by atoms with Crippen molar-refractivity contribution in [1.82, 2.24) is 25.3 Å². The number of benzene rings is 3. The van der Waals surface area contributed by atoms with Gasteiger partial charge in [-0.05, 0) is 124 Å². The van der Waals surface area contributed by atoms with Crippen LogP contribution in [0.3, 0.4) is 0 Å². The number of primary amides is 1. The third-order valence-corrected chi connectivity index (χ3v) is 13.3. The molecule has 0 bridgehead atoms. The lowest BCUT2D eigenvalue weighted by molar-refractivity contribution is -0.142. The smallest absolute Gasteiger partial charge is 0.328 e. The number of carbonyl (C=O) groups is 5. The molecule has 4 heterocycles. The lowest BCUT2D eigenvalue weighted by atomic mass is 9.77. The summed E-state index contributed by atoms with van der Waals surface area (Å²) in [6, 6.07) is 23.7. The predicted octanol–water partition coefficient (Wildman–Crippen LogP) is 4.34. The highest BCUT2D eigenvalue weighted by molar-refractivity contribution is 6.25. The van der Waals surface area contributed by atoms with Gasteiger partial charge in [0.15, 0.2) is 0 Å². The van der Waals surface area contributed by atoms with Crippen molar-refractivity contribution < 1.29 is 28.7 Å². The highest BCUT2D eigenvalue weighted by atomic mass is 16.5. The number of ether oxygens (including phenoxy) is 1.